The van der Waals surface area contributed by atoms with Crippen LogP contribution in [0.2, 0.25) is 0 Å². The minimum absolute atomic E-state index is 0. The van der Waals surface area contributed by atoms with Crippen molar-refractivity contribution in [1.29, 1.82) is 0 Å². The summed E-state index contributed by atoms with van der Waals surface area (Å²) < 4.78 is 4.90. The van der Waals surface area contributed by atoms with Crippen molar-refractivity contribution in [2.75, 3.05) is 20.3 Å². The van der Waals surface area contributed by atoms with Gasteiger partial charge in [0.1, 0.15) is 0 Å². The van der Waals surface area contributed by atoms with Crippen LogP contribution in [0.1, 0.15) is 6.42 Å². The molecule has 2 atom stereocenters. The molecule has 1 fully saturated rings. The van der Waals surface area contributed by atoms with Crippen molar-refractivity contribution in [2.45, 2.75) is 18.6 Å². The fraction of sp³-hybridized carbons (Fsp3) is 1.00. The lowest BCUT2D eigenvalue weighted by Crippen LogP contribution is -2.25. The maximum atomic E-state index is 9.01. The minimum atomic E-state index is -0.162. The first-order valence-corrected chi connectivity index (χ1v) is 3.23. The van der Waals surface area contributed by atoms with E-state index in [0.717, 1.165) is 6.42 Å². The van der Waals surface area contributed by atoms with Crippen molar-refractivity contribution in [3.63, 3.8) is 0 Å². The fourth-order valence-electron chi connectivity index (χ4n) is 1.13. The van der Waals surface area contributed by atoms with Crippen LogP contribution in [-0.2, 0) is 4.74 Å². The van der Waals surface area contributed by atoms with E-state index in [1.807, 2.05) is 0 Å². The molecule has 0 aliphatic carbocycles. The lowest BCUT2D eigenvalue weighted by atomic mass is 10.2. The summed E-state index contributed by atoms with van der Waals surface area (Å²) in [5, 5.41) is 12.1. The van der Waals surface area contributed by atoms with Gasteiger partial charge in [-0.3, -0.25) is 0 Å². The number of aliphatic hydroxyl groups is 1. The first kappa shape index (κ1) is 10.2. The SMILES string of the molecule is COCC1CC(O)CN1.Cl. The number of methoxy groups -OCH3 is 1. The van der Waals surface area contributed by atoms with Gasteiger partial charge in [0.2, 0.25) is 0 Å². The summed E-state index contributed by atoms with van der Waals surface area (Å²) in [6.07, 6.45) is 0.665. The fourth-order valence-corrected chi connectivity index (χ4v) is 1.13. The molecule has 0 saturated carbocycles. The van der Waals surface area contributed by atoms with Gasteiger partial charge in [0, 0.05) is 19.7 Å². The van der Waals surface area contributed by atoms with E-state index in [2.05, 4.69) is 5.32 Å². The van der Waals surface area contributed by atoms with Gasteiger partial charge < -0.3 is 15.2 Å². The Morgan fingerprint density at radius 1 is 1.70 bits per heavy atom. The maximum Gasteiger partial charge on any atom is 0.0680 e. The van der Waals surface area contributed by atoms with Gasteiger partial charge in [0.05, 0.1) is 12.7 Å². The summed E-state index contributed by atoms with van der Waals surface area (Å²) in [6, 6.07) is 0.366. The Labute approximate surface area is 67.2 Å². The number of nitrogens with one attached hydrogen (secondary N) is 1. The highest BCUT2D eigenvalue weighted by Gasteiger charge is 2.20. The van der Waals surface area contributed by atoms with Crippen LogP contribution < -0.4 is 5.32 Å². The van der Waals surface area contributed by atoms with E-state index in [1.165, 1.54) is 0 Å². The first-order chi connectivity index (χ1) is 4.33. The number of aliphatic hydroxyl groups excluding tert-OH is 1. The summed E-state index contributed by atoms with van der Waals surface area (Å²) in [5.74, 6) is 0. The number of hydrogen-bond acceptors (Lipinski definition) is 3. The Morgan fingerprint density at radius 2 is 2.40 bits per heavy atom. The van der Waals surface area contributed by atoms with Crippen molar-refractivity contribution in [2.24, 2.45) is 0 Å². The van der Waals surface area contributed by atoms with E-state index in [9.17, 15) is 0 Å². The predicted molar refractivity (Wildman–Crippen MR) is 41.5 cm³/mol. The molecule has 1 aliphatic rings. The highest BCUT2D eigenvalue weighted by molar-refractivity contribution is 5.85. The average molecular weight is 168 g/mol. The van der Waals surface area contributed by atoms with Gasteiger partial charge in [0.25, 0.3) is 0 Å². The van der Waals surface area contributed by atoms with E-state index in [0.29, 0.717) is 19.2 Å². The smallest absolute Gasteiger partial charge is 0.0680 e. The van der Waals surface area contributed by atoms with Crippen LogP contribution in [-0.4, -0.2) is 37.5 Å². The monoisotopic (exact) mass is 167 g/mol. The summed E-state index contributed by atoms with van der Waals surface area (Å²) in [7, 11) is 1.67. The molecule has 4 heteroatoms. The molecule has 0 aromatic carbocycles. The Bertz CT molecular complexity index is 89.8. The molecule has 0 aromatic rings. The number of β-amino-alcohol motifs (C(OH)–C–C–N with tert-alkyl or cyclic N) is 1. The molecule has 1 rings (SSSR count). The van der Waals surface area contributed by atoms with Gasteiger partial charge in [-0.05, 0) is 6.42 Å². The summed E-state index contributed by atoms with van der Waals surface area (Å²) in [4.78, 5) is 0. The van der Waals surface area contributed by atoms with Crippen LogP contribution in [0, 0.1) is 0 Å². The highest BCUT2D eigenvalue weighted by Crippen LogP contribution is 2.05. The van der Waals surface area contributed by atoms with Crippen LogP contribution in [0.4, 0.5) is 0 Å². The minimum Gasteiger partial charge on any atom is -0.392 e. The van der Waals surface area contributed by atoms with Gasteiger partial charge in [-0.2, -0.15) is 0 Å². The molecule has 0 radical (unpaired) electrons. The third-order valence-corrected chi connectivity index (χ3v) is 1.57. The van der Waals surface area contributed by atoms with Crippen molar-refractivity contribution in [1.82, 2.24) is 5.32 Å². The lowest BCUT2D eigenvalue weighted by molar-refractivity contribution is 0.157. The molecule has 1 saturated heterocycles. The second-order valence-electron chi connectivity index (χ2n) is 2.45. The lowest BCUT2D eigenvalue weighted by Gasteiger charge is -2.06. The topological polar surface area (TPSA) is 41.5 Å². The zero-order chi connectivity index (χ0) is 6.69. The quantitative estimate of drug-likeness (QED) is 0.598. The molecule has 62 valence electrons. The second-order valence-corrected chi connectivity index (χ2v) is 2.45. The van der Waals surface area contributed by atoms with Crippen LogP contribution in [0.15, 0.2) is 0 Å². The third kappa shape index (κ3) is 2.84. The number of halogens is 1. The second kappa shape index (κ2) is 4.91. The molecule has 1 aliphatic heterocycles. The zero-order valence-electron chi connectivity index (χ0n) is 6.04. The Balaban J connectivity index is 0.000000810. The molecule has 0 spiro atoms. The first-order valence-electron chi connectivity index (χ1n) is 3.23. The summed E-state index contributed by atoms with van der Waals surface area (Å²) in [6.45, 7) is 1.42. The summed E-state index contributed by atoms with van der Waals surface area (Å²) >= 11 is 0. The molecule has 1 heterocycles. The van der Waals surface area contributed by atoms with Crippen LogP contribution >= 0.6 is 12.4 Å². The largest absolute Gasteiger partial charge is 0.392 e. The van der Waals surface area contributed by atoms with Gasteiger partial charge in [-0.25, -0.2) is 0 Å². The predicted octanol–water partition coefficient (Wildman–Crippen LogP) is -0.223. The highest BCUT2D eigenvalue weighted by atomic mass is 35.5. The molecule has 2 unspecified atom stereocenters. The van der Waals surface area contributed by atoms with E-state index >= 15 is 0 Å². The van der Waals surface area contributed by atoms with Gasteiger partial charge >= 0.3 is 0 Å². The Hall–Kier alpha value is 0.170. The van der Waals surface area contributed by atoms with Crippen molar-refractivity contribution < 1.29 is 9.84 Å². The number of hydrogen-bond donors (Lipinski definition) is 2. The van der Waals surface area contributed by atoms with Crippen molar-refractivity contribution in [3.05, 3.63) is 0 Å². The zero-order valence-corrected chi connectivity index (χ0v) is 6.86. The van der Waals surface area contributed by atoms with E-state index < -0.39 is 0 Å². The van der Waals surface area contributed by atoms with E-state index in [-0.39, 0.29) is 18.5 Å². The number of rotatable bonds is 2. The van der Waals surface area contributed by atoms with Crippen LogP contribution in [0.5, 0.6) is 0 Å². The van der Waals surface area contributed by atoms with E-state index in [4.69, 9.17) is 9.84 Å². The van der Waals surface area contributed by atoms with Gasteiger partial charge in [-0.15, -0.1) is 12.4 Å². The average Bonchev–Trinajstić information content (AvgIpc) is 2.17. The maximum absolute atomic E-state index is 9.01. The number of ether oxygens (including phenoxy) is 1. The van der Waals surface area contributed by atoms with Crippen LogP contribution in [0.3, 0.4) is 0 Å². The van der Waals surface area contributed by atoms with Gasteiger partial charge in [-0.1, -0.05) is 0 Å². The Morgan fingerprint density at radius 3 is 2.80 bits per heavy atom. The normalized spacial score (nSPS) is 31.8. The van der Waals surface area contributed by atoms with Crippen molar-refractivity contribution >= 4 is 12.4 Å². The molecule has 0 aromatic heterocycles. The molecule has 0 bridgehead atoms. The van der Waals surface area contributed by atoms with E-state index in [1.54, 1.807) is 7.11 Å². The van der Waals surface area contributed by atoms with Gasteiger partial charge in [0.15, 0.2) is 0 Å². The molecule has 10 heavy (non-hydrogen) atoms. The molecule has 3 nitrogen and oxygen atoms in total. The molecule has 0 amide bonds. The molecular formula is C6H14ClNO2. The van der Waals surface area contributed by atoms with Crippen LogP contribution in [0.25, 0.3) is 0 Å². The molecular weight excluding hydrogens is 154 g/mol. The van der Waals surface area contributed by atoms with Crippen molar-refractivity contribution in [3.8, 4) is 0 Å². The third-order valence-electron chi connectivity index (χ3n) is 1.57. The Kier molecular flexibility index (Phi) is 4.99. The summed E-state index contributed by atoms with van der Waals surface area (Å²) in [5.41, 5.74) is 0. The standard InChI is InChI=1S/C6H13NO2.ClH/c1-9-4-5-2-6(8)3-7-5;/h5-8H,2-4H2,1H3;1H. The molecule has 2 N–H and O–H groups in total.